The first kappa shape index (κ1) is 15.4. The molecule has 1 aliphatic carbocycles. The topological polar surface area (TPSA) is 46.9 Å². The first-order valence-electron chi connectivity index (χ1n) is 7.40. The summed E-state index contributed by atoms with van der Waals surface area (Å²) in [5.41, 5.74) is 1.28. The predicted octanol–water partition coefficient (Wildman–Crippen LogP) is 2.90. The number of halogens is 1. The van der Waals surface area contributed by atoms with Gasteiger partial charge in [-0.25, -0.2) is 0 Å². The molecule has 1 amide bonds. The van der Waals surface area contributed by atoms with Crippen LogP contribution in [0.5, 0.6) is 0 Å². The van der Waals surface area contributed by atoms with E-state index in [2.05, 4.69) is 17.3 Å². The van der Waals surface area contributed by atoms with Gasteiger partial charge in [-0.05, 0) is 38.0 Å². The van der Waals surface area contributed by atoms with Crippen LogP contribution >= 0.6 is 11.6 Å². The zero-order chi connectivity index (χ0) is 14.8. The number of hydrogen-bond donors (Lipinski definition) is 1. The summed E-state index contributed by atoms with van der Waals surface area (Å²) < 4.78 is 1.70. The van der Waals surface area contributed by atoms with Gasteiger partial charge in [-0.1, -0.05) is 13.8 Å². The van der Waals surface area contributed by atoms with Crippen LogP contribution < -0.4 is 5.32 Å². The summed E-state index contributed by atoms with van der Waals surface area (Å²) in [5, 5.41) is 7.51. The molecule has 0 unspecified atom stereocenters. The van der Waals surface area contributed by atoms with Crippen LogP contribution in [0.1, 0.15) is 55.6 Å². The Labute approximate surface area is 125 Å². The molecule has 0 aliphatic heterocycles. The lowest BCUT2D eigenvalue weighted by Gasteiger charge is -2.38. The highest BCUT2D eigenvalue weighted by Gasteiger charge is 2.35. The van der Waals surface area contributed by atoms with Gasteiger partial charge < -0.3 is 5.32 Å². The fourth-order valence-corrected chi connectivity index (χ4v) is 3.23. The highest BCUT2D eigenvalue weighted by Crippen LogP contribution is 2.33. The van der Waals surface area contributed by atoms with E-state index in [9.17, 15) is 4.79 Å². The Morgan fingerprint density at radius 2 is 2.20 bits per heavy atom. The fourth-order valence-electron chi connectivity index (χ4n) is 2.90. The molecule has 0 aromatic carbocycles. The number of carbonyl (C=O) groups is 1. The average molecular weight is 298 g/mol. The van der Waals surface area contributed by atoms with E-state index in [1.165, 1.54) is 0 Å². The lowest BCUT2D eigenvalue weighted by molar-refractivity contribution is 0.0871. The first-order valence-corrected chi connectivity index (χ1v) is 7.94. The maximum Gasteiger partial charge on any atom is 0.255 e. The fraction of sp³-hybridized carbons (Fsp3) is 0.733. The number of rotatable bonds is 4. The van der Waals surface area contributed by atoms with Crippen molar-refractivity contribution in [1.29, 1.82) is 0 Å². The molecule has 1 aromatic heterocycles. The van der Waals surface area contributed by atoms with Gasteiger partial charge in [0.1, 0.15) is 0 Å². The number of amides is 1. The van der Waals surface area contributed by atoms with Crippen molar-refractivity contribution in [1.82, 2.24) is 15.1 Å². The van der Waals surface area contributed by atoms with Crippen LogP contribution in [0.25, 0.3) is 0 Å². The van der Waals surface area contributed by atoms with Crippen LogP contribution in [0.4, 0.5) is 0 Å². The highest BCUT2D eigenvalue weighted by molar-refractivity contribution is 6.19. The molecule has 1 saturated carbocycles. The van der Waals surface area contributed by atoms with Crippen molar-refractivity contribution in [3.63, 3.8) is 0 Å². The van der Waals surface area contributed by atoms with Gasteiger partial charge in [0.05, 0.1) is 16.8 Å². The maximum atomic E-state index is 12.5. The van der Waals surface area contributed by atoms with Crippen molar-refractivity contribution in [2.45, 2.75) is 51.5 Å². The summed E-state index contributed by atoms with van der Waals surface area (Å²) in [5.74, 6) is 1.17. The standard InChI is InChI=1S/C15H24ClN3O/c1-4-13-12(9-19(3)18-13)14(20)17-15(10-16)7-5-11(2)6-8-15/h9,11H,4-8,10H2,1-3H3,(H,17,20). The Morgan fingerprint density at radius 3 is 2.75 bits per heavy atom. The largest absolute Gasteiger partial charge is 0.345 e. The number of nitrogens with zero attached hydrogens (tertiary/aromatic N) is 2. The lowest BCUT2D eigenvalue weighted by atomic mass is 9.78. The Bertz CT molecular complexity index is 475. The normalized spacial score (nSPS) is 26.5. The molecular formula is C15H24ClN3O. The van der Waals surface area contributed by atoms with Gasteiger partial charge in [0, 0.05) is 19.1 Å². The quantitative estimate of drug-likeness (QED) is 0.869. The molecule has 0 saturated heterocycles. The molecule has 2 rings (SSSR count). The Balaban J connectivity index is 2.13. The zero-order valence-corrected chi connectivity index (χ0v) is 13.3. The zero-order valence-electron chi connectivity index (χ0n) is 12.6. The molecule has 5 heteroatoms. The smallest absolute Gasteiger partial charge is 0.255 e. The molecule has 1 heterocycles. The van der Waals surface area contributed by atoms with E-state index < -0.39 is 0 Å². The second-order valence-electron chi connectivity index (χ2n) is 6.07. The van der Waals surface area contributed by atoms with Crippen LogP contribution in [-0.2, 0) is 13.5 Å². The molecule has 1 aliphatic rings. The summed E-state index contributed by atoms with van der Waals surface area (Å²) in [7, 11) is 1.84. The van der Waals surface area contributed by atoms with Gasteiger partial charge in [-0.2, -0.15) is 5.10 Å². The van der Waals surface area contributed by atoms with Gasteiger partial charge in [-0.3, -0.25) is 9.48 Å². The number of alkyl halides is 1. The minimum absolute atomic E-state index is 0.0369. The summed E-state index contributed by atoms with van der Waals surface area (Å²) in [6.07, 6.45) is 6.73. The molecule has 0 spiro atoms. The van der Waals surface area contributed by atoms with Crippen LogP contribution in [-0.4, -0.2) is 27.1 Å². The Morgan fingerprint density at radius 1 is 1.55 bits per heavy atom. The van der Waals surface area contributed by atoms with Crippen molar-refractivity contribution in [3.8, 4) is 0 Å². The van der Waals surface area contributed by atoms with E-state index in [4.69, 9.17) is 11.6 Å². The molecule has 1 fully saturated rings. The van der Waals surface area contributed by atoms with Crippen molar-refractivity contribution < 1.29 is 4.79 Å². The molecular weight excluding hydrogens is 274 g/mol. The minimum Gasteiger partial charge on any atom is -0.345 e. The molecule has 1 aromatic rings. The summed E-state index contributed by atoms with van der Waals surface area (Å²) in [4.78, 5) is 12.5. The number of aromatic nitrogens is 2. The summed E-state index contributed by atoms with van der Waals surface area (Å²) >= 11 is 6.16. The van der Waals surface area contributed by atoms with Crippen molar-refractivity contribution in [2.75, 3.05) is 5.88 Å². The van der Waals surface area contributed by atoms with Crippen molar-refractivity contribution in [3.05, 3.63) is 17.5 Å². The lowest BCUT2D eigenvalue weighted by Crippen LogP contribution is -2.52. The van der Waals surface area contributed by atoms with Crippen LogP contribution in [0, 0.1) is 5.92 Å². The monoisotopic (exact) mass is 297 g/mol. The van der Waals surface area contributed by atoms with E-state index in [0.717, 1.165) is 43.7 Å². The van der Waals surface area contributed by atoms with Crippen molar-refractivity contribution >= 4 is 17.5 Å². The summed E-state index contributed by atoms with van der Waals surface area (Å²) in [6, 6.07) is 0. The van der Waals surface area contributed by atoms with Gasteiger partial charge in [0.15, 0.2) is 0 Å². The van der Waals surface area contributed by atoms with E-state index in [1.54, 1.807) is 10.9 Å². The van der Waals surface area contributed by atoms with E-state index in [-0.39, 0.29) is 11.4 Å². The molecule has 1 N–H and O–H groups in total. The second kappa shape index (κ2) is 6.17. The van der Waals surface area contributed by atoms with Gasteiger partial charge in [0.25, 0.3) is 5.91 Å². The first-order chi connectivity index (χ1) is 9.49. The van der Waals surface area contributed by atoms with Gasteiger partial charge >= 0.3 is 0 Å². The number of nitrogens with one attached hydrogen (secondary N) is 1. The van der Waals surface area contributed by atoms with E-state index >= 15 is 0 Å². The van der Waals surface area contributed by atoms with Gasteiger partial charge in [0.2, 0.25) is 0 Å². The molecule has 112 valence electrons. The minimum atomic E-state index is -0.244. The SMILES string of the molecule is CCc1nn(C)cc1C(=O)NC1(CCl)CCC(C)CC1. The third kappa shape index (κ3) is 3.17. The van der Waals surface area contributed by atoms with Crippen LogP contribution in [0.2, 0.25) is 0 Å². The third-order valence-electron chi connectivity index (χ3n) is 4.35. The molecule has 0 radical (unpaired) electrons. The second-order valence-corrected chi connectivity index (χ2v) is 6.33. The number of aryl methyl sites for hydroxylation is 2. The molecule has 0 bridgehead atoms. The van der Waals surface area contributed by atoms with Gasteiger partial charge in [-0.15, -0.1) is 11.6 Å². The molecule has 20 heavy (non-hydrogen) atoms. The van der Waals surface area contributed by atoms with Crippen molar-refractivity contribution in [2.24, 2.45) is 13.0 Å². The third-order valence-corrected chi connectivity index (χ3v) is 4.86. The predicted molar refractivity (Wildman–Crippen MR) is 81.1 cm³/mol. The average Bonchev–Trinajstić information content (AvgIpc) is 2.83. The molecule has 4 nitrogen and oxygen atoms in total. The number of hydrogen-bond acceptors (Lipinski definition) is 2. The summed E-state index contributed by atoms with van der Waals surface area (Å²) in [6.45, 7) is 4.27. The van der Waals surface area contributed by atoms with E-state index in [0.29, 0.717) is 11.4 Å². The maximum absolute atomic E-state index is 12.5. The Hall–Kier alpha value is -1.03. The van der Waals surface area contributed by atoms with Crippen LogP contribution in [0.3, 0.4) is 0 Å². The Kier molecular flexibility index (Phi) is 4.74. The van der Waals surface area contributed by atoms with E-state index in [1.807, 2.05) is 14.0 Å². The van der Waals surface area contributed by atoms with Crippen LogP contribution in [0.15, 0.2) is 6.20 Å². The number of carbonyl (C=O) groups excluding carboxylic acids is 1. The molecule has 0 atom stereocenters. The highest BCUT2D eigenvalue weighted by atomic mass is 35.5.